The molecule has 0 aromatic heterocycles. The van der Waals surface area contributed by atoms with Gasteiger partial charge in [-0.25, -0.2) is 0 Å². The second-order valence-electron chi connectivity index (χ2n) is 3.95. The van der Waals surface area contributed by atoms with E-state index in [1.54, 1.807) is 0 Å². The van der Waals surface area contributed by atoms with E-state index < -0.39 is 0 Å². The van der Waals surface area contributed by atoms with Gasteiger partial charge in [0, 0.05) is 5.56 Å². The summed E-state index contributed by atoms with van der Waals surface area (Å²) in [4.78, 5) is 4.07. The van der Waals surface area contributed by atoms with Crippen LogP contribution in [0.5, 0.6) is 0 Å². The fraction of sp³-hybridized carbons (Fsp3) is 0.118. The van der Waals surface area contributed by atoms with Gasteiger partial charge in [0.1, 0.15) is 0 Å². The highest BCUT2D eigenvalue weighted by atomic mass is 14.7. The van der Waals surface area contributed by atoms with Crippen LogP contribution in [0.25, 0.3) is 5.70 Å². The van der Waals surface area contributed by atoms with Gasteiger partial charge in [0.15, 0.2) is 0 Å². The maximum Gasteiger partial charge on any atom is 0.0700 e. The molecule has 0 saturated carbocycles. The third-order valence-corrected chi connectivity index (χ3v) is 2.60. The summed E-state index contributed by atoms with van der Waals surface area (Å²) in [5.74, 6) is 0. The molecule has 0 amide bonds. The molecule has 1 aromatic rings. The minimum atomic E-state index is 0.842. The Hall–Kier alpha value is -2.15. The predicted molar refractivity (Wildman–Crippen MR) is 81.7 cm³/mol. The first-order valence-electron chi connectivity index (χ1n) is 5.91. The van der Waals surface area contributed by atoms with Crippen molar-refractivity contribution in [2.75, 3.05) is 0 Å². The van der Waals surface area contributed by atoms with Gasteiger partial charge >= 0.3 is 0 Å². The zero-order valence-corrected chi connectivity index (χ0v) is 11.1. The molecule has 18 heavy (non-hydrogen) atoms. The molecule has 0 radical (unpaired) electrons. The van der Waals surface area contributed by atoms with Crippen molar-refractivity contribution in [3.8, 4) is 0 Å². The van der Waals surface area contributed by atoms with Crippen LogP contribution >= 0.6 is 0 Å². The summed E-state index contributed by atoms with van der Waals surface area (Å²) in [5.41, 5.74) is 3.95. The van der Waals surface area contributed by atoms with Gasteiger partial charge in [0.05, 0.1) is 5.70 Å². The number of rotatable bonds is 5. The first kappa shape index (κ1) is 13.9. The number of nitrogens with zero attached hydrogens (tertiary/aromatic N) is 1. The van der Waals surface area contributed by atoms with Crippen LogP contribution in [0.15, 0.2) is 77.4 Å². The Bertz CT molecular complexity index is 502. The molecule has 1 aromatic carbocycles. The Labute approximate surface area is 110 Å². The number of benzene rings is 1. The average Bonchev–Trinajstić information content (AvgIpc) is 2.42. The van der Waals surface area contributed by atoms with Crippen LogP contribution in [0.3, 0.4) is 0 Å². The number of aliphatic imine (C=N–C) groups is 1. The minimum absolute atomic E-state index is 0.842. The lowest BCUT2D eigenvalue weighted by molar-refractivity contribution is 1.42. The number of allylic oxidation sites excluding steroid dienone is 6. The fourth-order valence-electron chi connectivity index (χ4n) is 1.46. The summed E-state index contributed by atoms with van der Waals surface area (Å²) in [6.07, 6.45) is 7.98. The highest BCUT2D eigenvalue weighted by molar-refractivity contribution is 5.71. The van der Waals surface area contributed by atoms with Crippen LogP contribution in [0.1, 0.15) is 19.4 Å². The topological polar surface area (TPSA) is 12.4 Å². The Balaban J connectivity index is 3.00. The monoisotopic (exact) mass is 237 g/mol. The van der Waals surface area contributed by atoms with Crippen molar-refractivity contribution < 1.29 is 0 Å². The van der Waals surface area contributed by atoms with Crippen LogP contribution in [0, 0.1) is 0 Å². The van der Waals surface area contributed by atoms with E-state index in [2.05, 4.69) is 18.3 Å². The molecular weight excluding hydrogens is 218 g/mol. The van der Waals surface area contributed by atoms with Gasteiger partial charge in [0.2, 0.25) is 0 Å². The standard InChI is InChI=1S/C17H19N/c1-5-6-10-14(2)15(3)13-17(18-4)16-11-8-7-9-12-16/h5-13H,3-4H2,1-2H3/b6-5-,14-10+,17-13-. The van der Waals surface area contributed by atoms with Crippen molar-refractivity contribution in [3.05, 3.63) is 77.9 Å². The molecule has 0 aliphatic heterocycles. The van der Waals surface area contributed by atoms with Crippen molar-refractivity contribution in [2.24, 2.45) is 4.99 Å². The lowest BCUT2D eigenvalue weighted by Crippen LogP contribution is -1.84. The summed E-state index contributed by atoms with van der Waals surface area (Å²) < 4.78 is 0. The van der Waals surface area contributed by atoms with E-state index in [0.717, 1.165) is 22.4 Å². The Morgan fingerprint density at radius 1 is 1.22 bits per heavy atom. The minimum Gasteiger partial charge on any atom is -0.264 e. The van der Waals surface area contributed by atoms with E-state index >= 15 is 0 Å². The fourth-order valence-corrected chi connectivity index (χ4v) is 1.46. The van der Waals surface area contributed by atoms with Crippen LogP contribution in [0.4, 0.5) is 0 Å². The Morgan fingerprint density at radius 3 is 2.44 bits per heavy atom. The normalized spacial score (nSPS) is 12.8. The SMILES string of the molecule is C=N/C(=C\C(=C)/C(C)=C/C=C\C)c1ccccc1. The second kappa shape index (κ2) is 7.23. The Kier molecular flexibility index (Phi) is 5.59. The highest BCUT2D eigenvalue weighted by Crippen LogP contribution is 2.19. The molecule has 1 heteroatoms. The molecule has 0 aliphatic rings. The first-order chi connectivity index (χ1) is 8.69. The van der Waals surface area contributed by atoms with E-state index in [-0.39, 0.29) is 0 Å². The zero-order valence-electron chi connectivity index (χ0n) is 11.1. The van der Waals surface area contributed by atoms with Crippen LogP contribution < -0.4 is 0 Å². The van der Waals surface area contributed by atoms with Crippen molar-refractivity contribution >= 4 is 12.4 Å². The average molecular weight is 237 g/mol. The van der Waals surface area contributed by atoms with E-state index in [4.69, 9.17) is 0 Å². The quantitative estimate of drug-likeness (QED) is 0.515. The summed E-state index contributed by atoms with van der Waals surface area (Å²) in [6.45, 7) is 11.7. The smallest absolute Gasteiger partial charge is 0.0700 e. The Morgan fingerprint density at radius 2 is 1.89 bits per heavy atom. The molecule has 0 unspecified atom stereocenters. The van der Waals surface area contributed by atoms with Crippen LogP contribution in [-0.4, -0.2) is 6.72 Å². The van der Waals surface area contributed by atoms with Crippen molar-refractivity contribution in [3.63, 3.8) is 0 Å². The summed E-state index contributed by atoms with van der Waals surface area (Å²) in [5, 5.41) is 0. The molecule has 1 nitrogen and oxygen atoms in total. The maximum atomic E-state index is 4.07. The summed E-state index contributed by atoms with van der Waals surface area (Å²) in [6, 6.07) is 9.98. The van der Waals surface area contributed by atoms with Crippen molar-refractivity contribution in [2.45, 2.75) is 13.8 Å². The lowest BCUT2D eigenvalue weighted by atomic mass is 10.0. The largest absolute Gasteiger partial charge is 0.264 e. The van der Waals surface area contributed by atoms with Crippen LogP contribution in [-0.2, 0) is 0 Å². The second-order valence-corrected chi connectivity index (χ2v) is 3.95. The maximum absolute atomic E-state index is 4.07. The van der Waals surface area contributed by atoms with Gasteiger partial charge in [-0.2, -0.15) is 0 Å². The number of hydrogen-bond acceptors (Lipinski definition) is 1. The van der Waals surface area contributed by atoms with Crippen molar-refractivity contribution in [1.29, 1.82) is 0 Å². The highest BCUT2D eigenvalue weighted by Gasteiger charge is 1.99. The molecule has 92 valence electrons. The lowest BCUT2D eigenvalue weighted by Gasteiger charge is -2.04. The third-order valence-electron chi connectivity index (χ3n) is 2.60. The van der Waals surface area contributed by atoms with Gasteiger partial charge in [-0.05, 0) is 37.8 Å². The molecule has 1 rings (SSSR count). The van der Waals surface area contributed by atoms with Gasteiger partial charge in [-0.3, -0.25) is 4.99 Å². The van der Waals surface area contributed by atoms with Crippen LogP contribution in [0.2, 0.25) is 0 Å². The molecule has 0 aliphatic carbocycles. The van der Waals surface area contributed by atoms with E-state index in [0.29, 0.717) is 0 Å². The first-order valence-corrected chi connectivity index (χ1v) is 5.91. The molecule has 0 N–H and O–H groups in total. The zero-order chi connectivity index (χ0) is 13.4. The summed E-state index contributed by atoms with van der Waals surface area (Å²) >= 11 is 0. The van der Waals surface area contributed by atoms with E-state index in [9.17, 15) is 0 Å². The molecule has 0 atom stereocenters. The molecule has 0 heterocycles. The molecule has 0 fully saturated rings. The van der Waals surface area contributed by atoms with Gasteiger partial charge in [0.25, 0.3) is 0 Å². The number of hydrogen-bond donors (Lipinski definition) is 0. The molecule has 0 spiro atoms. The van der Waals surface area contributed by atoms with E-state index in [1.807, 2.05) is 68.5 Å². The summed E-state index contributed by atoms with van der Waals surface area (Å²) in [7, 11) is 0. The van der Waals surface area contributed by atoms with E-state index in [1.165, 1.54) is 0 Å². The third kappa shape index (κ3) is 4.02. The van der Waals surface area contributed by atoms with Gasteiger partial charge < -0.3 is 0 Å². The predicted octanol–water partition coefficient (Wildman–Crippen LogP) is 4.81. The van der Waals surface area contributed by atoms with Gasteiger partial charge in [-0.15, -0.1) is 0 Å². The molecule has 0 saturated heterocycles. The van der Waals surface area contributed by atoms with Gasteiger partial charge in [-0.1, -0.05) is 55.1 Å². The van der Waals surface area contributed by atoms with Crippen molar-refractivity contribution in [1.82, 2.24) is 0 Å². The molecule has 0 bridgehead atoms. The molecular formula is C17H19N.